The Bertz CT molecular complexity index is 802. The molecule has 3 heterocycles. The van der Waals surface area contributed by atoms with Gasteiger partial charge in [0.05, 0.1) is 6.04 Å². The smallest absolute Gasteiger partial charge is 0.250 e. The van der Waals surface area contributed by atoms with Gasteiger partial charge in [0.1, 0.15) is 11.9 Å². The molecule has 2 atom stereocenters. The molecule has 5 rings (SSSR count). The highest BCUT2D eigenvalue weighted by Crippen LogP contribution is 2.35. The summed E-state index contributed by atoms with van der Waals surface area (Å²) in [4.78, 5) is 19.2. The Morgan fingerprint density at radius 3 is 2.44 bits per heavy atom. The van der Waals surface area contributed by atoms with Crippen molar-refractivity contribution in [3.63, 3.8) is 0 Å². The van der Waals surface area contributed by atoms with Gasteiger partial charge in [-0.25, -0.2) is 8.78 Å². The van der Waals surface area contributed by atoms with Crippen LogP contribution in [-0.4, -0.2) is 72.0 Å². The van der Waals surface area contributed by atoms with Crippen molar-refractivity contribution in [1.82, 2.24) is 9.80 Å². The summed E-state index contributed by atoms with van der Waals surface area (Å²) in [5, 5.41) is 0. The van der Waals surface area contributed by atoms with Crippen molar-refractivity contribution < 1.29 is 18.3 Å². The van der Waals surface area contributed by atoms with Crippen LogP contribution < -0.4 is 9.64 Å². The standard InChI is InChI=1S/C25H35F2N3O2/c1-18-3-2-12-29(18)21-15-23(16-21)32-22-7-4-19(5-8-22)30-20(6-9-24(30)31)17-28-13-10-25(26,27)11-14-28/h4-5,7-8,18,20-21,23H,2-3,6,9-17H2,1H3/t18?,20-,21-,23-/m0/s1. The Balaban J connectivity index is 1.15. The van der Waals surface area contributed by atoms with Crippen molar-refractivity contribution in [2.75, 3.05) is 31.1 Å². The summed E-state index contributed by atoms with van der Waals surface area (Å²) in [6, 6.07) is 9.28. The van der Waals surface area contributed by atoms with Crippen LogP contribution in [0.2, 0.25) is 0 Å². The second-order valence-corrected chi connectivity index (χ2v) is 10.2. The molecule has 0 radical (unpaired) electrons. The van der Waals surface area contributed by atoms with Crippen LogP contribution >= 0.6 is 0 Å². The molecule has 0 bridgehead atoms. The van der Waals surface area contributed by atoms with Crippen LogP contribution in [0.3, 0.4) is 0 Å². The van der Waals surface area contributed by atoms with Gasteiger partial charge < -0.3 is 14.5 Å². The van der Waals surface area contributed by atoms with Gasteiger partial charge in [-0.05, 0) is 57.0 Å². The molecule has 1 unspecified atom stereocenters. The van der Waals surface area contributed by atoms with E-state index in [0.717, 1.165) is 30.7 Å². The average Bonchev–Trinajstić information content (AvgIpc) is 3.32. The summed E-state index contributed by atoms with van der Waals surface area (Å²) < 4.78 is 33.1. The molecule has 0 aromatic heterocycles. The van der Waals surface area contributed by atoms with Gasteiger partial charge in [-0.3, -0.25) is 9.69 Å². The molecular formula is C25H35F2N3O2. The molecule has 4 aliphatic rings. The zero-order valence-corrected chi connectivity index (χ0v) is 19.0. The maximum absolute atomic E-state index is 13.5. The number of hydrogen-bond acceptors (Lipinski definition) is 4. The van der Waals surface area contributed by atoms with Gasteiger partial charge in [0, 0.05) is 69.5 Å². The Labute approximate surface area is 189 Å². The Morgan fingerprint density at radius 1 is 1.06 bits per heavy atom. The van der Waals surface area contributed by atoms with Crippen molar-refractivity contribution in [3.05, 3.63) is 24.3 Å². The number of rotatable bonds is 6. The normalized spacial score (nSPS) is 33.5. The first-order chi connectivity index (χ1) is 15.4. The topological polar surface area (TPSA) is 36.0 Å². The van der Waals surface area contributed by atoms with Gasteiger partial charge in [-0.2, -0.15) is 0 Å². The van der Waals surface area contributed by atoms with Gasteiger partial charge in [0.15, 0.2) is 0 Å². The number of halogens is 2. The lowest BCUT2D eigenvalue weighted by Crippen LogP contribution is -2.50. The van der Waals surface area contributed by atoms with Crippen LogP contribution in [0.4, 0.5) is 14.5 Å². The van der Waals surface area contributed by atoms with E-state index in [2.05, 4.69) is 16.7 Å². The molecule has 0 N–H and O–H groups in total. The fraction of sp³-hybridized carbons (Fsp3) is 0.720. The lowest BCUT2D eigenvalue weighted by molar-refractivity contribution is -0.117. The van der Waals surface area contributed by atoms with E-state index >= 15 is 0 Å². The molecule has 1 saturated carbocycles. The van der Waals surface area contributed by atoms with Crippen molar-refractivity contribution in [1.29, 1.82) is 0 Å². The van der Waals surface area contributed by atoms with Crippen molar-refractivity contribution in [2.45, 2.75) is 88.4 Å². The number of carbonyl (C=O) groups excluding carboxylic acids is 1. The van der Waals surface area contributed by atoms with E-state index in [4.69, 9.17) is 4.74 Å². The summed E-state index contributed by atoms with van der Waals surface area (Å²) in [6.07, 6.45) is 6.21. The molecule has 32 heavy (non-hydrogen) atoms. The van der Waals surface area contributed by atoms with Gasteiger partial charge in [0.25, 0.3) is 5.92 Å². The van der Waals surface area contributed by atoms with Gasteiger partial charge >= 0.3 is 0 Å². The number of likely N-dealkylation sites (tertiary alicyclic amines) is 2. The minimum absolute atomic E-state index is 0.0517. The number of ether oxygens (including phenoxy) is 1. The molecule has 1 aromatic carbocycles. The number of carbonyl (C=O) groups is 1. The summed E-state index contributed by atoms with van der Waals surface area (Å²) in [5.41, 5.74) is 0.879. The average molecular weight is 448 g/mol. The Hall–Kier alpha value is -1.73. The molecule has 1 aliphatic carbocycles. The first-order valence-corrected chi connectivity index (χ1v) is 12.3. The summed E-state index contributed by atoms with van der Waals surface area (Å²) in [7, 11) is 0. The Kier molecular flexibility index (Phi) is 6.14. The number of alkyl halides is 2. The van der Waals surface area contributed by atoms with Crippen molar-refractivity contribution in [2.24, 2.45) is 0 Å². The highest BCUT2D eigenvalue weighted by Gasteiger charge is 2.39. The van der Waals surface area contributed by atoms with Crippen LogP contribution in [0.15, 0.2) is 24.3 Å². The third-order valence-corrected chi connectivity index (χ3v) is 7.94. The number of amides is 1. The van der Waals surface area contributed by atoms with Crippen LogP contribution in [0.5, 0.6) is 5.75 Å². The third kappa shape index (κ3) is 4.65. The first-order valence-electron chi connectivity index (χ1n) is 12.3. The van der Waals surface area contributed by atoms with E-state index < -0.39 is 5.92 Å². The lowest BCUT2D eigenvalue weighted by atomic mass is 9.87. The minimum atomic E-state index is -2.54. The predicted molar refractivity (Wildman–Crippen MR) is 120 cm³/mol. The number of hydrogen-bond donors (Lipinski definition) is 0. The fourth-order valence-electron chi connectivity index (χ4n) is 5.91. The zero-order valence-electron chi connectivity index (χ0n) is 19.0. The van der Waals surface area contributed by atoms with E-state index in [-0.39, 0.29) is 30.9 Å². The van der Waals surface area contributed by atoms with Crippen LogP contribution in [0.25, 0.3) is 0 Å². The highest BCUT2D eigenvalue weighted by molar-refractivity contribution is 5.96. The van der Waals surface area contributed by atoms with Crippen molar-refractivity contribution >= 4 is 11.6 Å². The third-order valence-electron chi connectivity index (χ3n) is 7.94. The molecule has 176 valence electrons. The lowest BCUT2D eigenvalue weighted by Gasteiger charge is -2.42. The predicted octanol–water partition coefficient (Wildman–Crippen LogP) is 4.31. The first kappa shape index (κ1) is 22.1. The summed E-state index contributed by atoms with van der Waals surface area (Å²) in [5.74, 6) is -1.56. The number of piperidine rings is 1. The molecule has 4 fully saturated rings. The second kappa shape index (κ2) is 8.90. The molecule has 3 aliphatic heterocycles. The molecule has 0 spiro atoms. The molecular weight excluding hydrogens is 412 g/mol. The molecule has 5 nitrogen and oxygen atoms in total. The van der Waals surface area contributed by atoms with Gasteiger partial charge in [-0.15, -0.1) is 0 Å². The second-order valence-electron chi connectivity index (χ2n) is 10.2. The number of anilines is 1. The number of nitrogens with zero attached hydrogens (tertiary/aromatic N) is 3. The van der Waals surface area contributed by atoms with Gasteiger partial charge in [0.2, 0.25) is 5.91 Å². The SMILES string of the molecule is CC1CCCN1[C@H]1C[C@H](Oc2ccc(N3C(=O)CC[C@H]3CN3CCC(F)(F)CC3)cc2)C1. The van der Waals surface area contributed by atoms with Crippen LogP contribution in [-0.2, 0) is 4.79 Å². The molecule has 3 saturated heterocycles. The van der Waals surface area contributed by atoms with E-state index in [1.807, 2.05) is 29.2 Å². The molecule has 1 amide bonds. The maximum atomic E-state index is 13.5. The minimum Gasteiger partial charge on any atom is -0.490 e. The van der Waals surface area contributed by atoms with E-state index in [0.29, 0.717) is 38.1 Å². The largest absolute Gasteiger partial charge is 0.490 e. The highest BCUT2D eigenvalue weighted by atomic mass is 19.3. The summed E-state index contributed by atoms with van der Waals surface area (Å²) in [6.45, 7) is 5.01. The van der Waals surface area contributed by atoms with E-state index in [1.54, 1.807) is 0 Å². The van der Waals surface area contributed by atoms with Gasteiger partial charge in [-0.1, -0.05) is 0 Å². The summed E-state index contributed by atoms with van der Waals surface area (Å²) >= 11 is 0. The Morgan fingerprint density at radius 2 is 1.78 bits per heavy atom. The fourth-order valence-corrected chi connectivity index (χ4v) is 5.91. The number of benzene rings is 1. The molecule has 7 heteroatoms. The quantitative estimate of drug-likeness (QED) is 0.651. The maximum Gasteiger partial charge on any atom is 0.250 e. The van der Waals surface area contributed by atoms with Crippen LogP contribution in [0.1, 0.15) is 58.3 Å². The van der Waals surface area contributed by atoms with E-state index in [9.17, 15) is 13.6 Å². The van der Waals surface area contributed by atoms with E-state index in [1.165, 1.54) is 19.4 Å². The monoisotopic (exact) mass is 447 g/mol. The molecule has 1 aromatic rings. The zero-order chi connectivity index (χ0) is 22.3. The van der Waals surface area contributed by atoms with Crippen LogP contribution in [0, 0.1) is 0 Å². The van der Waals surface area contributed by atoms with Crippen molar-refractivity contribution in [3.8, 4) is 5.75 Å².